The van der Waals surface area contributed by atoms with Gasteiger partial charge in [-0.1, -0.05) is 6.07 Å². The Morgan fingerprint density at radius 3 is 2.41 bits per heavy atom. The van der Waals surface area contributed by atoms with Crippen LogP contribution < -0.4 is 49.5 Å². The van der Waals surface area contributed by atoms with Gasteiger partial charge in [-0.2, -0.15) is 0 Å². The Labute approximate surface area is 191 Å². The van der Waals surface area contributed by atoms with Crippen LogP contribution in [0.15, 0.2) is 18.2 Å². The molecule has 1 aromatic rings. The van der Waals surface area contributed by atoms with Gasteiger partial charge < -0.3 is 29.6 Å². The van der Waals surface area contributed by atoms with E-state index in [9.17, 15) is 19.5 Å². The number of thioether (sulfide) groups is 1. The molecule has 2 heterocycles. The Hall–Kier alpha value is -1.42. The van der Waals surface area contributed by atoms with E-state index in [0.29, 0.717) is 0 Å². The van der Waals surface area contributed by atoms with Crippen LogP contribution >= 0.6 is 11.8 Å². The summed E-state index contributed by atoms with van der Waals surface area (Å²) < 4.78 is 52.5. The first kappa shape index (κ1) is 14.6. The van der Waals surface area contributed by atoms with Crippen molar-refractivity contribution in [2.24, 2.45) is 0 Å². The number of rotatable bonds is 5. The van der Waals surface area contributed by atoms with Crippen LogP contribution in [0.4, 0.5) is 0 Å². The zero-order chi connectivity index (χ0) is 24.2. The van der Waals surface area contributed by atoms with Gasteiger partial charge in [-0.25, -0.2) is 0 Å². The number of hydrogen-bond donors (Lipinski definition) is 1. The van der Waals surface area contributed by atoms with Crippen LogP contribution in [0.3, 0.4) is 0 Å². The molecule has 27 heavy (non-hydrogen) atoms. The van der Waals surface area contributed by atoms with Crippen LogP contribution in [0.5, 0.6) is 11.5 Å². The maximum Gasteiger partial charge on any atom is 1.00 e. The predicted molar refractivity (Wildman–Crippen MR) is 91.9 cm³/mol. The van der Waals surface area contributed by atoms with E-state index in [4.69, 9.17) is 17.7 Å². The molecule has 1 N–H and O–H groups in total. The summed E-state index contributed by atoms with van der Waals surface area (Å²) in [6, 6.07) is 1.20. The summed E-state index contributed by atoms with van der Waals surface area (Å²) in [4.78, 5) is 38.2. The Morgan fingerprint density at radius 1 is 1.30 bits per heavy atom. The van der Waals surface area contributed by atoms with Crippen LogP contribution in [0, 0.1) is 0 Å². The number of carbonyl (C=O) groups is 3. The molecule has 2 amide bonds. The molecular formula is C17H19N2NaO6S. The number of carboxylic acid groups (broad SMARTS) is 1. The van der Waals surface area contributed by atoms with E-state index < -0.39 is 71.1 Å². The van der Waals surface area contributed by atoms with E-state index in [2.05, 4.69) is 5.32 Å². The Bertz CT molecular complexity index is 938. The molecule has 2 aliphatic heterocycles. The van der Waals surface area contributed by atoms with Crippen molar-refractivity contribution in [2.75, 3.05) is 14.1 Å². The van der Waals surface area contributed by atoms with E-state index in [1.165, 1.54) is 6.07 Å². The van der Waals surface area contributed by atoms with Crippen LogP contribution in [0.1, 0.15) is 32.4 Å². The molecule has 0 aliphatic carbocycles. The third-order valence-corrected chi connectivity index (χ3v) is 5.96. The van der Waals surface area contributed by atoms with Gasteiger partial charge in [0.25, 0.3) is 5.91 Å². The molecule has 0 bridgehead atoms. The summed E-state index contributed by atoms with van der Waals surface area (Å²) in [7, 11) is -5.91. The third kappa shape index (κ3) is 3.53. The summed E-state index contributed by atoms with van der Waals surface area (Å²) >= 11 is 1.16. The minimum absolute atomic E-state index is 0. The zero-order valence-electron chi connectivity index (χ0n) is 20.8. The van der Waals surface area contributed by atoms with E-state index in [-0.39, 0.29) is 29.6 Å². The molecule has 2 fully saturated rings. The molecule has 0 aromatic heterocycles. The fraction of sp³-hybridized carbons (Fsp3) is 0.471. The van der Waals surface area contributed by atoms with Crippen molar-refractivity contribution in [2.45, 2.75) is 36.1 Å². The van der Waals surface area contributed by atoms with Crippen molar-refractivity contribution in [1.82, 2.24) is 10.2 Å². The SMILES string of the molecule is [2H]C([2H])([2H])Oc1cccc(OC([2H])([2H])[2H])c1C(=O)N[C@@H]1C(=O)N2[C@@H]1SC(C)(C)[C@@H]2C(=O)[O-].[Na+]. The fourth-order valence-electron chi connectivity index (χ4n) is 3.24. The number of nitrogens with zero attached hydrogens (tertiary/aromatic N) is 1. The topological polar surface area (TPSA) is 108 Å². The maximum absolute atomic E-state index is 13.0. The van der Waals surface area contributed by atoms with Crippen LogP contribution in [0.25, 0.3) is 0 Å². The minimum atomic E-state index is -2.95. The first-order chi connectivity index (χ1) is 14.5. The van der Waals surface area contributed by atoms with Crippen LogP contribution in [-0.4, -0.2) is 59.0 Å². The molecule has 10 heteroatoms. The number of ether oxygens (including phenoxy) is 2. The average molecular weight is 408 g/mol. The van der Waals surface area contributed by atoms with Crippen LogP contribution in [0.2, 0.25) is 0 Å². The third-order valence-electron chi connectivity index (χ3n) is 4.39. The number of β-lactam (4-membered cyclic amide) rings is 1. The number of carbonyl (C=O) groups excluding carboxylic acids is 3. The number of amides is 2. The normalized spacial score (nSPS) is 29.2. The number of methoxy groups -OCH3 is 2. The number of carboxylic acids is 1. The molecule has 0 spiro atoms. The summed E-state index contributed by atoms with van der Waals surface area (Å²) in [6.45, 7) is 3.26. The minimum Gasteiger partial charge on any atom is -0.548 e. The van der Waals surface area contributed by atoms with E-state index in [0.717, 1.165) is 28.8 Å². The first-order valence-corrected chi connectivity index (χ1v) is 8.42. The molecular weight excluding hydrogens is 383 g/mol. The largest absolute Gasteiger partial charge is 1.00 e. The number of aliphatic carboxylic acids is 1. The van der Waals surface area contributed by atoms with E-state index in [1.54, 1.807) is 13.8 Å². The van der Waals surface area contributed by atoms with Gasteiger partial charge in [0.15, 0.2) is 0 Å². The summed E-state index contributed by atoms with van der Waals surface area (Å²) in [5.74, 6) is -4.05. The molecule has 3 rings (SSSR count). The Morgan fingerprint density at radius 2 is 1.89 bits per heavy atom. The Kier molecular flexibility index (Phi) is 4.26. The molecule has 3 atom stereocenters. The van der Waals surface area contributed by atoms with Crippen molar-refractivity contribution in [3.63, 3.8) is 0 Å². The molecule has 140 valence electrons. The zero-order valence-corrected chi connectivity index (χ0v) is 17.6. The number of hydrogen-bond acceptors (Lipinski definition) is 7. The van der Waals surface area contributed by atoms with Gasteiger partial charge in [-0.3, -0.25) is 9.59 Å². The predicted octanol–water partition coefficient (Wildman–Crippen LogP) is -3.38. The average Bonchev–Trinajstić information content (AvgIpc) is 2.85. The van der Waals surface area contributed by atoms with Gasteiger partial charge in [0, 0.05) is 4.75 Å². The molecule has 8 nitrogen and oxygen atoms in total. The second-order valence-corrected chi connectivity index (χ2v) is 8.13. The standard InChI is InChI=1S/C17H20N2O6S.Na/c1-17(2)12(16(22)23)19-14(21)11(15(19)26-17)18-13(20)10-8(24-3)6-5-7-9(10)25-4;/h5-7,11-12,15H,1-4H3,(H,18,20)(H,22,23);/q;+1/p-1/t11-,12+,15-;/m1./s1/i3D3,4D3;. The second kappa shape index (κ2) is 7.90. The molecule has 0 saturated carbocycles. The fourth-order valence-corrected chi connectivity index (χ4v) is 4.87. The van der Waals surface area contributed by atoms with Gasteiger partial charge in [-0.05, 0) is 26.0 Å². The van der Waals surface area contributed by atoms with E-state index in [1.807, 2.05) is 0 Å². The van der Waals surface area contributed by atoms with Crippen molar-refractivity contribution in [1.29, 1.82) is 0 Å². The summed E-state index contributed by atoms with van der Waals surface area (Å²) in [6.07, 6.45) is 0. The van der Waals surface area contributed by atoms with Gasteiger partial charge in [0.05, 0.1) is 34.3 Å². The van der Waals surface area contributed by atoms with E-state index >= 15 is 0 Å². The van der Waals surface area contributed by atoms with Gasteiger partial charge in [-0.15, -0.1) is 11.8 Å². The van der Waals surface area contributed by atoms with Gasteiger partial charge >= 0.3 is 29.6 Å². The van der Waals surface area contributed by atoms with Crippen molar-refractivity contribution in [3.05, 3.63) is 23.8 Å². The molecule has 0 unspecified atom stereocenters. The van der Waals surface area contributed by atoms with Crippen molar-refractivity contribution in [3.8, 4) is 11.5 Å². The van der Waals surface area contributed by atoms with Gasteiger partial charge in [0.1, 0.15) is 28.5 Å². The molecule has 2 aliphatic rings. The Balaban J connectivity index is 0.00000385. The monoisotopic (exact) mass is 408 g/mol. The van der Waals surface area contributed by atoms with Crippen molar-refractivity contribution >= 4 is 29.5 Å². The second-order valence-electron chi connectivity index (χ2n) is 6.36. The summed E-state index contributed by atoms with van der Waals surface area (Å²) in [5.41, 5.74) is -0.523. The molecule has 1 aromatic carbocycles. The quantitative estimate of drug-likeness (QED) is 0.400. The van der Waals surface area contributed by atoms with Gasteiger partial charge in [0.2, 0.25) is 5.91 Å². The van der Waals surface area contributed by atoms with Crippen molar-refractivity contribution < 1.29 is 66.7 Å². The first-order valence-electron chi connectivity index (χ1n) is 10.5. The molecule has 0 radical (unpaired) electrons. The van der Waals surface area contributed by atoms with Crippen LogP contribution in [-0.2, 0) is 9.59 Å². The number of benzene rings is 1. The molecule has 2 saturated heterocycles. The smallest absolute Gasteiger partial charge is 0.548 e. The summed E-state index contributed by atoms with van der Waals surface area (Å²) in [5, 5.41) is 13.2. The maximum atomic E-state index is 13.0. The number of nitrogens with one attached hydrogen (secondary N) is 1. The number of fused-ring (bicyclic) bond motifs is 1.